The van der Waals surface area contributed by atoms with Gasteiger partial charge in [-0.25, -0.2) is 9.97 Å². The summed E-state index contributed by atoms with van der Waals surface area (Å²) in [6, 6.07) is 8.31. The van der Waals surface area contributed by atoms with Crippen LogP contribution in [0.5, 0.6) is 0 Å². The summed E-state index contributed by atoms with van der Waals surface area (Å²) in [5.41, 5.74) is 6.56. The fourth-order valence-electron chi connectivity index (χ4n) is 4.96. The van der Waals surface area contributed by atoms with Gasteiger partial charge in [-0.15, -0.1) is 10.2 Å². The molecule has 2 N–H and O–H groups in total. The third kappa shape index (κ3) is 4.46. The Labute approximate surface area is 219 Å². The molecule has 0 spiro atoms. The van der Waals surface area contributed by atoms with E-state index in [1.54, 1.807) is 17.1 Å². The molecule has 1 aliphatic rings. The van der Waals surface area contributed by atoms with Gasteiger partial charge in [-0.2, -0.15) is 5.10 Å². The van der Waals surface area contributed by atoms with Gasteiger partial charge in [0, 0.05) is 30.4 Å². The predicted octanol–water partition coefficient (Wildman–Crippen LogP) is 4.90. The number of hydrogen-bond donors (Lipinski definition) is 2. The Kier molecular flexibility index (Phi) is 5.81. The molecule has 10 heteroatoms. The second kappa shape index (κ2) is 9.20. The fraction of sp³-hybridized carbons (Fsp3) is 0.357. The molecule has 5 aromatic rings. The molecule has 1 aromatic carbocycles. The highest BCUT2D eigenvalue weighted by atomic mass is 16.4. The highest BCUT2D eigenvalue weighted by Crippen LogP contribution is 2.35. The monoisotopic (exact) mass is 510 g/mol. The van der Waals surface area contributed by atoms with Crippen LogP contribution in [0, 0.1) is 0 Å². The Morgan fingerprint density at radius 2 is 2.03 bits per heavy atom. The van der Waals surface area contributed by atoms with Crippen molar-refractivity contribution < 1.29 is 9.21 Å². The number of benzene rings is 1. The van der Waals surface area contributed by atoms with E-state index in [0.29, 0.717) is 5.89 Å². The van der Waals surface area contributed by atoms with E-state index < -0.39 is 0 Å². The molecule has 0 radical (unpaired) electrons. The van der Waals surface area contributed by atoms with E-state index in [0.717, 1.165) is 64.9 Å². The van der Waals surface area contributed by atoms with E-state index in [4.69, 9.17) is 9.40 Å². The Morgan fingerprint density at radius 3 is 2.79 bits per heavy atom. The highest BCUT2D eigenvalue weighted by Gasteiger charge is 2.27. The van der Waals surface area contributed by atoms with Gasteiger partial charge in [-0.1, -0.05) is 45.4 Å². The van der Waals surface area contributed by atoms with Gasteiger partial charge >= 0.3 is 11.8 Å². The molecule has 1 atom stereocenters. The molecule has 0 saturated carbocycles. The fourth-order valence-corrected chi connectivity index (χ4v) is 4.96. The summed E-state index contributed by atoms with van der Waals surface area (Å²) in [4.78, 5) is 25.7. The molecule has 194 valence electrons. The SMILES string of the molecule is Cn1cc(-c2nc3c(-c4ccc5c(c4)CCCCC5NC(=O)c4nnc(C(C)(C)C)o4)ccnc3[nH]2)cn1. The quantitative estimate of drug-likeness (QED) is 0.329. The average molecular weight is 511 g/mol. The maximum absolute atomic E-state index is 13.0. The van der Waals surface area contributed by atoms with Crippen molar-refractivity contribution in [2.45, 2.75) is 57.9 Å². The van der Waals surface area contributed by atoms with Crippen molar-refractivity contribution in [1.29, 1.82) is 0 Å². The summed E-state index contributed by atoms with van der Waals surface area (Å²) in [6.07, 6.45) is 9.37. The zero-order valence-corrected chi connectivity index (χ0v) is 21.9. The van der Waals surface area contributed by atoms with Crippen LogP contribution in [-0.2, 0) is 18.9 Å². The number of imidazole rings is 1. The second-order valence-corrected chi connectivity index (χ2v) is 10.9. The van der Waals surface area contributed by atoms with Gasteiger partial charge < -0.3 is 14.7 Å². The van der Waals surface area contributed by atoms with Crippen molar-refractivity contribution in [3.63, 3.8) is 0 Å². The normalized spacial score (nSPS) is 15.8. The molecular weight excluding hydrogens is 480 g/mol. The third-order valence-electron chi connectivity index (χ3n) is 6.95. The first-order valence-corrected chi connectivity index (χ1v) is 12.9. The molecule has 6 rings (SSSR count). The first-order chi connectivity index (χ1) is 18.3. The number of H-pyrrole nitrogens is 1. The highest BCUT2D eigenvalue weighted by molar-refractivity contribution is 5.92. The number of aromatic nitrogens is 7. The molecule has 1 aliphatic carbocycles. The smallest absolute Gasteiger partial charge is 0.309 e. The topological polar surface area (TPSA) is 127 Å². The molecule has 1 unspecified atom stereocenters. The van der Waals surface area contributed by atoms with Crippen molar-refractivity contribution in [2.24, 2.45) is 7.05 Å². The van der Waals surface area contributed by atoms with Crippen molar-refractivity contribution in [3.05, 3.63) is 65.8 Å². The Hall–Kier alpha value is -4.34. The van der Waals surface area contributed by atoms with E-state index in [1.165, 1.54) is 5.56 Å². The maximum atomic E-state index is 13.0. The maximum Gasteiger partial charge on any atom is 0.309 e. The molecule has 4 heterocycles. The van der Waals surface area contributed by atoms with Crippen LogP contribution in [-0.4, -0.2) is 40.8 Å². The van der Waals surface area contributed by atoms with E-state index in [9.17, 15) is 4.79 Å². The van der Waals surface area contributed by atoms with Gasteiger partial charge in [-0.3, -0.25) is 9.48 Å². The number of carbonyl (C=O) groups is 1. The van der Waals surface area contributed by atoms with Gasteiger partial charge in [0.2, 0.25) is 5.89 Å². The van der Waals surface area contributed by atoms with Gasteiger partial charge in [0.15, 0.2) is 5.65 Å². The van der Waals surface area contributed by atoms with Gasteiger partial charge in [-0.05, 0) is 42.0 Å². The first kappa shape index (κ1) is 24.0. The lowest BCUT2D eigenvalue weighted by atomic mass is 9.94. The van der Waals surface area contributed by atoms with E-state index >= 15 is 0 Å². The Morgan fingerprint density at radius 1 is 1.16 bits per heavy atom. The van der Waals surface area contributed by atoms with Gasteiger partial charge in [0.05, 0.1) is 17.8 Å². The lowest BCUT2D eigenvalue weighted by molar-refractivity contribution is 0.0896. The third-order valence-corrected chi connectivity index (χ3v) is 6.95. The molecule has 38 heavy (non-hydrogen) atoms. The number of pyridine rings is 1. The molecule has 1 amide bonds. The summed E-state index contributed by atoms with van der Waals surface area (Å²) in [7, 11) is 1.88. The summed E-state index contributed by atoms with van der Waals surface area (Å²) >= 11 is 0. The first-order valence-electron chi connectivity index (χ1n) is 12.9. The predicted molar refractivity (Wildman–Crippen MR) is 142 cm³/mol. The molecule has 4 aromatic heterocycles. The minimum absolute atomic E-state index is 0.000489. The van der Waals surface area contributed by atoms with Crippen LogP contribution in [0.4, 0.5) is 0 Å². The lowest BCUT2D eigenvalue weighted by Gasteiger charge is -2.19. The Balaban J connectivity index is 1.31. The summed E-state index contributed by atoms with van der Waals surface area (Å²) in [5, 5.41) is 15.4. The second-order valence-electron chi connectivity index (χ2n) is 10.9. The number of aromatic amines is 1. The number of aryl methyl sites for hydroxylation is 2. The van der Waals surface area contributed by atoms with E-state index in [2.05, 4.69) is 48.8 Å². The molecule has 0 bridgehead atoms. The van der Waals surface area contributed by atoms with Crippen LogP contribution in [0.25, 0.3) is 33.7 Å². The molecule has 10 nitrogen and oxygen atoms in total. The van der Waals surface area contributed by atoms with Crippen LogP contribution < -0.4 is 5.32 Å². The van der Waals surface area contributed by atoms with Crippen molar-refractivity contribution in [1.82, 2.24) is 40.2 Å². The van der Waals surface area contributed by atoms with Crippen molar-refractivity contribution >= 4 is 17.1 Å². The largest absolute Gasteiger partial charge is 0.416 e. The molecule has 0 fully saturated rings. The van der Waals surface area contributed by atoms with E-state index in [1.807, 2.05) is 40.1 Å². The molecule has 0 saturated heterocycles. The van der Waals surface area contributed by atoms with Gasteiger partial charge in [0.1, 0.15) is 11.3 Å². The number of fused-ring (bicyclic) bond motifs is 2. The summed E-state index contributed by atoms with van der Waals surface area (Å²) in [6.45, 7) is 5.92. The van der Waals surface area contributed by atoms with Crippen LogP contribution in [0.2, 0.25) is 0 Å². The zero-order chi connectivity index (χ0) is 26.4. The summed E-state index contributed by atoms with van der Waals surface area (Å²) < 4.78 is 7.42. The number of nitrogens with zero attached hydrogens (tertiary/aromatic N) is 6. The lowest BCUT2D eigenvalue weighted by Crippen LogP contribution is -2.29. The van der Waals surface area contributed by atoms with E-state index in [-0.39, 0.29) is 23.3 Å². The van der Waals surface area contributed by atoms with Crippen molar-refractivity contribution in [2.75, 3.05) is 0 Å². The zero-order valence-electron chi connectivity index (χ0n) is 21.9. The number of nitrogens with one attached hydrogen (secondary N) is 2. The van der Waals surface area contributed by atoms with Crippen LogP contribution in [0.1, 0.15) is 73.8 Å². The average Bonchev–Trinajstić information content (AvgIpc) is 3.62. The van der Waals surface area contributed by atoms with Crippen LogP contribution in [0.3, 0.4) is 0 Å². The minimum atomic E-state index is -0.342. The summed E-state index contributed by atoms with van der Waals surface area (Å²) in [5.74, 6) is 0.841. The van der Waals surface area contributed by atoms with Crippen molar-refractivity contribution in [3.8, 4) is 22.5 Å². The molecular formula is C28H30N8O2. The Bertz CT molecular complexity index is 1640. The van der Waals surface area contributed by atoms with Crippen LogP contribution >= 0.6 is 0 Å². The number of amides is 1. The number of carbonyl (C=O) groups excluding carboxylic acids is 1. The number of rotatable bonds is 4. The standard InChI is InChI=1S/C28H30N8O2/c1-28(2,3)27-35-34-26(38-27)25(37)31-21-8-6-5-7-16-13-17(9-10-19(16)21)20-11-12-29-24-22(20)32-23(33-24)18-14-30-36(4)15-18/h9-15,21H,5-8H2,1-4H3,(H,31,37)(H,29,32,33). The van der Waals surface area contributed by atoms with Gasteiger partial charge in [0.25, 0.3) is 0 Å². The molecule has 0 aliphatic heterocycles. The number of hydrogen-bond acceptors (Lipinski definition) is 7. The van der Waals surface area contributed by atoms with Crippen LogP contribution in [0.15, 0.2) is 47.3 Å². The minimum Gasteiger partial charge on any atom is -0.416 e.